The summed E-state index contributed by atoms with van der Waals surface area (Å²) in [4.78, 5) is 16.9. The number of carbonyl (C=O) groups excluding carboxylic acids is 1. The van der Waals surface area contributed by atoms with Gasteiger partial charge in [0.1, 0.15) is 18.5 Å². The molecular weight excluding hydrogens is 350 g/mol. The minimum Gasteiger partial charge on any atom is -0.492 e. The smallest absolute Gasteiger partial charge is 0.256 e. The molecular formula is C23H29N3O2. The summed E-state index contributed by atoms with van der Waals surface area (Å²) >= 11 is 0. The largest absolute Gasteiger partial charge is 0.492 e. The maximum atomic E-state index is 12.6. The topological polar surface area (TPSA) is 44.8 Å². The number of benzene rings is 2. The summed E-state index contributed by atoms with van der Waals surface area (Å²) in [5.41, 5.74) is 2.81. The quantitative estimate of drug-likeness (QED) is 0.785. The first kappa shape index (κ1) is 18.8. The van der Waals surface area contributed by atoms with E-state index in [9.17, 15) is 4.79 Å². The minimum atomic E-state index is -0.125. The van der Waals surface area contributed by atoms with Crippen molar-refractivity contribution in [2.24, 2.45) is 0 Å². The molecule has 5 heteroatoms. The van der Waals surface area contributed by atoms with Crippen molar-refractivity contribution in [2.75, 3.05) is 38.1 Å². The van der Waals surface area contributed by atoms with Gasteiger partial charge in [-0.15, -0.1) is 0 Å². The Kier molecular flexibility index (Phi) is 5.81. The van der Waals surface area contributed by atoms with Gasteiger partial charge < -0.3 is 15.0 Å². The van der Waals surface area contributed by atoms with Crippen LogP contribution >= 0.6 is 0 Å². The second kappa shape index (κ2) is 8.65. The Morgan fingerprint density at radius 1 is 1.04 bits per heavy atom. The summed E-state index contributed by atoms with van der Waals surface area (Å²) in [6, 6.07) is 15.9. The van der Waals surface area contributed by atoms with Crippen molar-refractivity contribution in [1.29, 1.82) is 0 Å². The number of nitrogens with zero attached hydrogens (tertiary/aromatic N) is 2. The molecule has 2 heterocycles. The fourth-order valence-electron chi connectivity index (χ4n) is 4.13. The first-order valence-corrected chi connectivity index (χ1v) is 10.4. The van der Waals surface area contributed by atoms with Crippen LogP contribution in [0.5, 0.6) is 5.75 Å². The van der Waals surface area contributed by atoms with Crippen molar-refractivity contribution in [3.63, 3.8) is 0 Å². The van der Waals surface area contributed by atoms with Crippen molar-refractivity contribution in [1.82, 2.24) is 9.80 Å². The van der Waals surface area contributed by atoms with Gasteiger partial charge in [-0.2, -0.15) is 0 Å². The van der Waals surface area contributed by atoms with Crippen LogP contribution in [0.2, 0.25) is 0 Å². The molecule has 1 atom stereocenters. The zero-order chi connectivity index (χ0) is 19.3. The number of fused-ring (bicyclic) bond motifs is 1. The molecule has 2 aromatic rings. The number of anilines is 1. The van der Waals surface area contributed by atoms with E-state index in [1.165, 1.54) is 32.4 Å². The van der Waals surface area contributed by atoms with Crippen LogP contribution in [0.3, 0.4) is 0 Å². The molecule has 1 amide bonds. The summed E-state index contributed by atoms with van der Waals surface area (Å²) in [7, 11) is 0. The van der Waals surface area contributed by atoms with Crippen molar-refractivity contribution < 1.29 is 9.53 Å². The highest BCUT2D eigenvalue weighted by Crippen LogP contribution is 2.34. The third-order valence-electron chi connectivity index (χ3n) is 5.68. The SMILES string of the molecule is CCN1C(=O)c2ccccc2[C@@H]1Nc1ccc(OCCN2CCCCC2)cc1. The number of rotatable bonds is 7. The molecule has 5 nitrogen and oxygen atoms in total. The predicted octanol–water partition coefficient (Wildman–Crippen LogP) is 4.14. The van der Waals surface area contributed by atoms with Crippen molar-refractivity contribution in [3.8, 4) is 5.75 Å². The van der Waals surface area contributed by atoms with E-state index in [4.69, 9.17) is 4.74 Å². The van der Waals surface area contributed by atoms with Crippen LogP contribution in [0.4, 0.5) is 5.69 Å². The lowest BCUT2D eigenvalue weighted by atomic mass is 10.1. The highest BCUT2D eigenvalue weighted by atomic mass is 16.5. The molecule has 0 bridgehead atoms. The number of piperidine rings is 1. The fraction of sp³-hybridized carbons (Fsp3) is 0.435. The van der Waals surface area contributed by atoms with E-state index in [0.717, 1.165) is 35.7 Å². The molecule has 0 aliphatic carbocycles. The zero-order valence-corrected chi connectivity index (χ0v) is 16.6. The maximum Gasteiger partial charge on any atom is 0.256 e. The first-order chi connectivity index (χ1) is 13.8. The van der Waals surface area contributed by atoms with Gasteiger partial charge in [0.2, 0.25) is 0 Å². The van der Waals surface area contributed by atoms with E-state index in [0.29, 0.717) is 6.54 Å². The van der Waals surface area contributed by atoms with Gasteiger partial charge >= 0.3 is 0 Å². The van der Waals surface area contributed by atoms with Crippen molar-refractivity contribution >= 4 is 11.6 Å². The van der Waals surface area contributed by atoms with Crippen LogP contribution in [0.1, 0.15) is 48.3 Å². The Balaban J connectivity index is 1.35. The van der Waals surface area contributed by atoms with Gasteiger partial charge in [0.05, 0.1) is 0 Å². The van der Waals surface area contributed by atoms with Crippen LogP contribution in [0.15, 0.2) is 48.5 Å². The standard InChI is InChI=1S/C23H29N3O2/c1-2-26-22(20-8-4-5-9-21(20)23(26)27)24-18-10-12-19(13-11-18)28-17-16-25-14-6-3-7-15-25/h4-5,8-13,22,24H,2-3,6-7,14-17H2,1H3/t22-/m1/s1. The number of likely N-dealkylation sites (tertiary alicyclic amines) is 1. The molecule has 0 unspecified atom stereocenters. The first-order valence-electron chi connectivity index (χ1n) is 10.4. The van der Waals surface area contributed by atoms with Crippen LogP contribution in [-0.2, 0) is 0 Å². The number of nitrogens with one attached hydrogen (secondary N) is 1. The molecule has 1 saturated heterocycles. The lowest BCUT2D eigenvalue weighted by Crippen LogP contribution is -2.33. The van der Waals surface area contributed by atoms with E-state index in [1.54, 1.807) is 0 Å². The lowest BCUT2D eigenvalue weighted by molar-refractivity contribution is 0.0753. The van der Waals surface area contributed by atoms with Gasteiger partial charge in [0.25, 0.3) is 5.91 Å². The third-order valence-corrected chi connectivity index (χ3v) is 5.68. The van der Waals surface area contributed by atoms with E-state index in [-0.39, 0.29) is 12.1 Å². The molecule has 0 spiro atoms. The zero-order valence-electron chi connectivity index (χ0n) is 16.6. The lowest BCUT2D eigenvalue weighted by Gasteiger charge is -2.26. The Hall–Kier alpha value is -2.53. The average molecular weight is 380 g/mol. The van der Waals surface area contributed by atoms with E-state index < -0.39 is 0 Å². The van der Waals surface area contributed by atoms with Crippen molar-refractivity contribution in [2.45, 2.75) is 32.4 Å². The fourth-order valence-corrected chi connectivity index (χ4v) is 4.13. The molecule has 28 heavy (non-hydrogen) atoms. The Morgan fingerprint density at radius 2 is 1.79 bits per heavy atom. The van der Waals surface area contributed by atoms with E-state index >= 15 is 0 Å². The monoisotopic (exact) mass is 379 g/mol. The molecule has 1 N–H and O–H groups in total. The van der Waals surface area contributed by atoms with E-state index in [2.05, 4.69) is 10.2 Å². The number of hydrogen-bond acceptors (Lipinski definition) is 4. The average Bonchev–Trinajstić information content (AvgIpc) is 3.01. The molecule has 2 aliphatic heterocycles. The van der Waals surface area contributed by atoms with Crippen LogP contribution in [0, 0.1) is 0 Å². The Bertz CT molecular complexity index is 800. The number of ether oxygens (including phenoxy) is 1. The molecule has 2 aliphatic rings. The second-order valence-corrected chi connectivity index (χ2v) is 7.50. The van der Waals surface area contributed by atoms with Gasteiger partial charge in [-0.1, -0.05) is 24.6 Å². The number of hydrogen-bond donors (Lipinski definition) is 1. The molecule has 0 saturated carbocycles. The van der Waals surface area contributed by atoms with Crippen LogP contribution < -0.4 is 10.1 Å². The van der Waals surface area contributed by atoms with E-state index in [1.807, 2.05) is 60.4 Å². The molecule has 0 radical (unpaired) electrons. The molecule has 2 aromatic carbocycles. The van der Waals surface area contributed by atoms with Gasteiger partial charge in [-0.05, 0) is 63.2 Å². The summed E-state index contributed by atoms with van der Waals surface area (Å²) < 4.78 is 5.92. The second-order valence-electron chi connectivity index (χ2n) is 7.50. The van der Waals surface area contributed by atoms with Crippen LogP contribution in [0.25, 0.3) is 0 Å². The summed E-state index contributed by atoms with van der Waals surface area (Å²) in [6.45, 7) is 6.79. The molecule has 148 valence electrons. The predicted molar refractivity (Wildman–Crippen MR) is 112 cm³/mol. The van der Waals surface area contributed by atoms with Gasteiger partial charge in [0, 0.05) is 29.9 Å². The summed E-state index contributed by atoms with van der Waals surface area (Å²) in [6.07, 6.45) is 3.85. The van der Waals surface area contributed by atoms with Gasteiger partial charge in [-0.25, -0.2) is 0 Å². The molecule has 4 rings (SSSR count). The van der Waals surface area contributed by atoms with Gasteiger partial charge in [0.15, 0.2) is 0 Å². The van der Waals surface area contributed by atoms with Crippen molar-refractivity contribution in [3.05, 3.63) is 59.7 Å². The van der Waals surface area contributed by atoms with Gasteiger partial charge in [-0.3, -0.25) is 9.69 Å². The number of carbonyl (C=O) groups is 1. The summed E-state index contributed by atoms with van der Waals surface area (Å²) in [5.74, 6) is 0.978. The Labute approximate surface area is 167 Å². The van der Waals surface area contributed by atoms with Crippen LogP contribution in [-0.4, -0.2) is 48.5 Å². The minimum absolute atomic E-state index is 0.0910. The maximum absolute atomic E-state index is 12.6. The highest BCUT2D eigenvalue weighted by molar-refractivity contribution is 5.99. The Morgan fingerprint density at radius 3 is 2.54 bits per heavy atom. The molecule has 1 fully saturated rings. The number of amides is 1. The highest BCUT2D eigenvalue weighted by Gasteiger charge is 2.35. The molecule has 0 aromatic heterocycles. The third kappa shape index (κ3) is 3.99. The normalized spacial score (nSPS) is 19.5. The summed E-state index contributed by atoms with van der Waals surface area (Å²) in [5, 5.41) is 3.50.